The molecule has 0 fully saturated rings. The van der Waals surface area contributed by atoms with Crippen LogP contribution in [0.3, 0.4) is 0 Å². The Labute approximate surface area is 111 Å². The average Bonchev–Trinajstić information content (AvgIpc) is 2.94. The van der Waals surface area contributed by atoms with Gasteiger partial charge in [0.05, 0.1) is 11.2 Å². The molecule has 0 aliphatic carbocycles. The van der Waals surface area contributed by atoms with Gasteiger partial charge >= 0.3 is 0 Å². The highest BCUT2D eigenvalue weighted by Crippen LogP contribution is 2.45. The summed E-state index contributed by atoms with van der Waals surface area (Å²) < 4.78 is 19.5. The van der Waals surface area contributed by atoms with Crippen molar-refractivity contribution in [2.45, 2.75) is 6.42 Å². The molecule has 1 unspecified atom stereocenters. The van der Waals surface area contributed by atoms with E-state index in [0.717, 1.165) is 4.62 Å². The lowest BCUT2D eigenvalue weighted by Gasteiger charge is -2.16. The van der Waals surface area contributed by atoms with Crippen LogP contribution in [0.5, 0.6) is 0 Å². The van der Waals surface area contributed by atoms with Crippen molar-refractivity contribution >= 4 is 28.6 Å². The maximum Gasteiger partial charge on any atom is 0.270 e. The Bertz CT molecular complexity index is 570. The molecule has 1 heterocycles. The van der Waals surface area contributed by atoms with Crippen LogP contribution in [0.2, 0.25) is 0 Å². The van der Waals surface area contributed by atoms with Gasteiger partial charge in [-0.05, 0) is 23.6 Å². The van der Waals surface area contributed by atoms with Crippen LogP contribution in [-0.2, 0) is 9.09 Å². The monoisotopic (exact) mass is 276 g/mol. The maximum absolute atomic E-state index is 13.1. The van der Waals surface area contributed by atoms with Crippen LogP contribution in [0, 0.1) is 12.3 Å². The van der Waals surface area contributed by atoms with E-state index in [1.165, 1.54) is 11.3 Å². The third-order valence-corrected chi connectivity index (χ3v) is 6.37. The van der Waals surface area contributed by atoms with E-state index in [2.05, 4.69) is 5.92 Å². The molecule has 0 radical (unpaired) electrons. The van der Waals surface area contributed by atoms with Crippen molar-refractivity contribution in [3.05, 3.63) is 47.8 Å². The third kappa shape index (κ3) is 2.73. The van der Waals surface area contributed by atoms with Crippen molar-refractivity contribution in [2.75, 3.05) is 6.61 Å². The van der Waals surface area contributed by atoms with Gasteiger partial charge in [0.25, 0.3) is 7.37 Å². The summed E-state index contributed by atoms with van der Waals surface area (Å²) in [6.45, 7) is 0.306. The second kappa shape index (κ2) is 6.02. The van der Waals surface area contributed by atoms with Gasteiger partial charge in [0.2, 0.25) is 0 Å². The highest BCUT2D eigenvalue weighted by molar-refractivity contribution is 7.79. The molecule has 2 rings (SSSR count). The van der Waals surface area contributed by atoms with Gasteiger partial charge in [-0.15, -0.1) is 23.7 Å². The van der Waals surface area contributed by atoms with E-state index in [0.29, 0.717) is 18.3 Å². The van der Waals surface area contributed by atoms with Gasteiger partial charge in [0.15, 0.2) is 0 Å². The Kier molecular flexibility index (Phi) is 4.38. The Morgan fingerprint density at radius 2 is 2.00 bits per heavy atom. The van der Waals surface area contributed by atoms with Gasteiger partial charge < -0.3 is 4.52 Å². The molecule has 0 saturated carbocycles. The maximum atomic E-state index is 13.1. The van der Waals surface area contributed by atoms with Crippen molar-refractivity contribution in [3.63, 3.8) is 0 Å². The molecule has 0 bridgehead atoms. The van der Waals surface area contributed by atoms with E-state index >= 15 is 0 Å². The molecule has 0 aliphatic rings. The number of rotatable bonds is 5. The van der Waals surface area contributed by atoms with Crippen molar-refractivity contribution in [1.82, 2.24) is 0 Å². The van der Waals surface area contributed by atoms with Crippen LogP contribution < -0.4 is 9.92 Å². The van der Waals surface area contributed by atoms with E-state index in [4.69, 9.17) is 10.9 Å². The Hall–Kier alpha value is -1.33. The number of hydrogen-bond donors (Lipinski definition) is 0. The first-order valence-electron chi connectivity index (χ1n) is 5.55. The molecule has 0 N–H and O–H groups in total. The number of benzene rings is 1. The molecule has 4 heteroatoms. The fourth-order valence-electron chi connectivity index (χ4n) is 1.56. The second-order valence-corrected chi connectivity index (χ2v) is 7.24. The van der Waals surface area contributed by atoms with E-state index in [9.17, 15) is 4.57 Å². The lowest BCUT2D eigenvalue weighted by molar-refractivity contribution is 0.336. The zero-order chi connectivity index (χ0) is 12.8. The summed E-state index contributed by atoms with van der Waals surface area (Å²) in [6, 6.07) is 13.0. The Morgan fingerprint density at radius 3 is 2.61 bits per heavy atom. The second-order valence-electron chi connectivity index (χ2n) is 3.63. The molecule has 0 saturated heterocycles. The molecule has 1 atom stereocenters. The minimum absolute atomic E-state index is 0.306. The summed E-state index contributed by atoms with van der Waals surface area (Å²) in [4.78, 5) is 0. The summed E-state index contributed by atoms with van der Waals surface area (Å²) >= 11 is 1.44. The SMILES string of the molecule is C#CCCOP(=O)(c1ccccc1)c1cccs1. The van der Waals surface area contributed by atoms with Crippen molar-refractivity contribution < 1.29 is 9.09 Å². The fraction of sp³-hybridized carbons (Fsp3) is 0.143. The van der Waals surface area contributed by atoms with E-state index in [-0.39, 0.29) is 0 Å². The fourth-order valence-corrected chi connectivity index (χ4v) is 4.95. The number of terminal acetylenes is 1. The highest BCUT2D eigenvalue weighted by atomic mass is 32.1. The van der Waals surface area contributed by atoms with Crippen LogP contribution in [0.25, 0.3) is 0 Å². The molecular formula is C14H13O2PS. The van der Waals surface area contributed by atoms with E-state index < -0.39 is 7.37 Å². The summed E-state index contributed by atoms with van der Waals surface area (Å²) in [5.41, 5.74) is 0. The zero-order valence-electron chi connectivity index (χ0n) is 9.78. The minimum Gasteiger partial charge on any atom is -0.321 e. The smallest absolute Gasteiger partial charge is 0.270 e. The molecule has 0 amide bonds. The van der Waals surface area contributed by atoms with Gasteiger partial charge in [0.1, 0.15) is 0 Å². The van der Waals surface area contributed by atoms with Crippen molar-refractivity contribution in [1.29, 1.82) is 0 Å². The molecule has 0 aliphatic heterocycles. The Morgan fingerprint density at radius 1 is 1.22 bits per heavy atom. The molecule has 0 spiro atoms. The van der Waals surface area contributed by atoms with E-state index in [1.807, 2.05) is 47.8 Å². The molecule has 1 aromatic carbocycles. The Balaban J connectivity index is 2.35. The zero-order valence-corrected chi connectivity index (χ0v) is 11.5. The topological polar surface area (TPSA) is 26.3 Å². The highest BCUT2D eigenvalue weighted by Gasteiger charge is 2.29. The molecule has 18 heavy (non-hydrogen) atoms. The van der Waals surface area contributed by atoms with Gasteiger partial charge in [0, 0.05) is 11.7 Å². The van der Waals surface area contributed by atoms with Crippen LogP contribution in [-0.4, -0.2) is 6.61 Å². The van der Waals surface area contributed by atoms with Gasteiger partial charge in [-0.25, -0.2) is 0 Å². The van der Waals surface area contributed by atoms with Crippen LogP contribution in [0.4, 0.5) is 0 Å². The molecule has 92 valence electrons. The lowest BCUT2D eigenvalue weighted by Crippen LogP contribution is -2.16. The van der Waals surface area contributed by atoms with Gasteiger partial charge in [-0.1, -0.05) is 24.3 Å². The molecule has 2 nitrogen and oxygen atoms in total. The van der Waals surface area contributed by atoms with E-state index in [1.54, 1.807) is 0 Å². The predicted octanol–water partition coefficient (Wildman–Crippen LogP) is 3.02. The number of thiophene rings is 1. The van der Waals surface area contributed by atoms with Gasteiger partial charge in [-0.2, -0.15) is 0 Å². The number of hydrogen-bond acceptors (Lipinski definition) is 3. The van der Waals surface area contributed by atoms with Crippen molar-refractivity contribution in [3.8, 4) is 12.3 Å². The first-order valence-corrected chi connectivity index (χ1v) is 8.05. The molecule has 2 aromatic rings. The van der Waals surface area contributed by atoms with Crippen molar-refractivity contribution in [2.24, 2.45) is 0 Å². The quantitative estimate of drug-likeness (QED) is 0.477. The molecule has 1 aromatic heterocycles. The minimum atomic E-state index is -2.98. The summed E-state index contributed by atoms with van der Waals surface area (Å²) in [5, 5.41) is 2.61. The van der Waals surface area contributed by atoms with Crippen LogP contribution in [0.15, 0.2) is 47.8 Å². The van der Waals surface area contributed by atoms with Crippen LogP contribution >= 0.6 is 18.7 Å². The largest absolute Gasteiger partial charge is 0.321 e. The summed E-state index contributed by atoms with van der Waals surface area (Å²) in [6.07, 6.45) is 5.66. The first-order chi connectivity index (χ1) is 8.77. The summed E-state index contributed by atoms with van der Waals surface area (Å²) in [7, 11) is -2.98. The molecular weight excluding hydrogens is 263 g/mol. The predicted molar refractivity (Wildman–Crippen MR) is 77.0 cm³/mol. The third-order valence-electron chi connectivity index (χ3n) is 2.41. The average molecular weight is 276 g/mol. The summed E-state index contributed by atoms with van der Waals surface area (Å²) in [5.74, 6) is 2.49. The standard InChI is InChI=1S/C14H13O2PS/c1-2-3-11-16-17(15,14-10-7-12-18-14)13-8-5-4-6-9-13/h1,4-10,12H,3,11H2. The van der Waals surface area contributed by atoms with Crippen LogP contribution in [0.1, 0.15) is 6.42 Å². The van der Waals surface area contributed by atoms with Gasteiger partial charge in [-0.3, -0.25) is 4.57 Å². The lowest BCUT2D eigenvalue weighted by atomic mass is 10.4. The normalized spacial score (nSPS) is 13.7. The first kappa shape index (κ1) is 13.1.